The number of rotatable bonds is 2. The van der Waals surface area contributed by atoms with Gasteiger partial charge < -0.3 is 9.47 Å². The minimum Gasteiger partial charge on any atom is -0.426 e. The van der Waals surface area contributed by atoms with Gasteiger partial charge in [0.15, 0.2) is 0 Å². The van der Waals surface area contributed by atoms with Crippen molar-refractivity contribution in [3.63, 3.8) is 0 Å². The van der Waals surface area contributed by atoms with Crippen LogP contribution in [0.25, 0.3) is 0 Å². The van der Waals surface area contributed by atoms with Crippen LogP contribution in [0.5, 0.6) is 5.75 Å². The van der Waals surface area contributed by atoms with Crippen molar-refractivity contribution in [3.05, 3.63) is 30.3 Å². The van der Waals surface area contributed by atoms with Gasteiger partial charge in [-0.2, -0.15) is 0 Å². The monoisotopic (exact) mass is 206 g/mol. The maximum atomic E-state index is 11.7. The van der Waals surface area contributed by atoms with E-state index in [9.17, 15) is 4.79 Å². The van der Waals surface area contributed by atoms with Crippen LogP contribution in [0.3, 0.4) is 0 Å². The van der Waals surface area contributed by atoms with Gasteiger partial charge in [0.1, 0.15) is 5.75 Å². The van der Waals surface area contributed by atoms with Crippen molar-refractivity contribution < 1.29 is 14.3 Å². The summed E-state index contributed by atoms with van der Waals surface area (Å²) in [6, 6.07) is 9.12. The minimum absolute atomic E-state index is 0.111. The molecule has 1 aromatic rings. The number of para-hydroxylation sites is 1. The Bertz CT molecular complexity index is 334. The van der Waals surface area contributed by atoms with Gasteiger partial charge in [0, 0.05) is 0 Å². The molecule has 80 valence electrons. The van der Waals surface area contributed by atoms with E-state index in [4.69, 9.17) is 9.47 Å². The van der Waals surface area contributed by atoms with Gasteiger partial charge in [0.2, 0.25) is 0 Å². The lowest BCUT2D eigenvalue weighted by Gasteiger charge is -2.07. The summed E-state index contributed by atoms with van der Waals surface area (Å²) in [6.45, 7) is 2.45. The van der Waals surface area contributed by atoms with E-state index >= 15 is 0 Å². The molecule has 15 heavy (non-hydrogen) atoms. The van der Waals surface area contributed by atoms with E-state index in [0.717, 1.165) is 6.42 Å². The third kappa shape index (κ3) is 2.57. The summed E-state index contributed by atoms with van der Waals surface area (Å²) < 4.78 is 10.6. The van der Waals surface area contributed by atoms with E-state index in [1.165, 1.54) is 0 Å². The lowest BCUT2D eigenvalue weighted by molar-refractivity contribution is -0.138. The predicted octanol–water partition coefficient (Wildman–Crippen LogP) is 2.02. The maximum absolute atomic E-state index is 11.7. The van der Waals surface area contributed by atoms with E-state index in [1.54, 1.807) is 12.1 Å². The van der Waals surface area contributed by atoms with Gasteiger partial charge in [-0.3, -0.25) is 4.79 Å². The second-order valence-corrected chi connectivity index (χ2v) is 3.81. The average molecular weight is 206 g/mol. The molecule has 0 N–H and O–H groups in total. The van der Waals surface area contributed by atoms with E-state index in [1.807, 2.05) is 25.1 Å². The van der Waals surface area contributed by atoms with E-state index in [-0.39, 0.29) is 18.0 Å². The zero-order chi connectivity index (χ0) is 10.7. The molecule has 0 aliphatic carbocycles. The third-order valence-corrected chi connectivity index (χ3v) is 2.49. The predicted molar refractivity (Wildman–Crippen MR) is 55.6 cm³/mol. The largest absolute Gasteiger partial charge is 0.426 e. The summed E-state index contributed by atoms with van der Waals surface area (Å²) in [5.74, 6) is 0.299. The fraction of sp³-hybridized carbons (Fsp3) is 0.417. The summed E-state index contributed by atoms with van der Waals surface area (Å²) in [5.41, 5.74) is 0. The van der Waals surface area contributed by atoms with Crippen LogP contribution in [-0.4, -0.2) is 18.7 Å². The molecule has 1 fully saturated rings. The van der Waals surface area contributed by atoms with Gasteiger partial charge in [-0.25, -0.2) is 0 Å². The van der Waals surface area contributed by atoms with Crippen LogP contribution in [0, 0.1) is 5.92 Å². The minimum atomic E-state index is -0.189. The number of hydrogen-bond donors (Lipinski definition) is 0. The number of carbonyl (C=O) groups excluding carboxylic acids is 1. The first-order valence-electron chi connectivity index (χ1n) is 5.14. The lowest BCUT2D eigenvalue weighted by Crippen LogP contribution is -2.20. The third-order valence-electron chi connectivity index (χ3n) is 2.49. The normalized spacial score (nSPS) is 25.1. The molecule has 0 unspecified atom stereocenters. The van der Waals surface area contributed by atoms with Crippen LogP contribution < -0.4 is 4.74 Å². The maximum Gasteiger partial charge on any atom is 0.316 e. The van der Waals surface area contributed by atoms with Crippen molar-refractivity contribution in [1.29, 1.82) is 0 Å². The Kier molecular flexibility index (Phi) is 3.02. The van der Waals surface area contributed by atoms with Gasteiger partial charge in [-0.15, -0.1) is 0 Å². The summed E-state index contributed by atoms with van der Waals surface area (Å²) in [7, 11) is 0. The van der Waals surface area contributed by atoms with E-state index in [2.05, 4.69) is 0 Å². The Hall–Kier alpha value is -1.35. The fourth-order valence-corrected chi connectivity index (χ4v) is 1.67. The molecular weight excluding hydrogens is 192 g/mol. The van der Waals surface area contributed by atoms with E-state index in [0.29, 0.717) is 12.4 Å². The molecule has 1 saturated heterocycles. The number of hydrogen-bond acceptors (Lipinski definition) is 3. The van der Waals surface area contributed by atoms with Crippen LogP contribution in [-0.2, 0) is 9.53 Å². The SMILES string of the molecule is C[C@H]1C[C@H](C(=O)Oc2ccccc2)CO1. The molecule has 0 aromatic heterocycles. The second kappa shape index (κ2) is 4.45. The molecule has 1 heterocycles. The van der Waals surface area contributed by atoms with E-state index < -0.39 is 0 Å². The molecule has 2 rings (SSSR count). The van der Waals surface area contributed by atoms with Crippen molar-refractivity contribution in [3.8, 4) is 5.75 Å². The lowest BCUT2D eigenvalue weighted by atomic mass is 10.1. The summed E-state index contributed by atoms with van der Waals surface area (Å²) >= 11 is 0. The molecule has 1 aliphatic heterocycles. The molecule has 0 spiro atoms. The molecule has 1 aliphatic rings. The van der Waals surface area contributed by atoms with Crippen LogP contribution >= 0.6 is 0 Å². The Morgan fingerprint density at radius 3 is 2.73 bits per heavy atom. The second-order valence-electron chi connectivity index (χ2n) is 3.81. The van der Waals surface area contributed by atoms with Crippen molar-refractivity contribution in [2.75, 3.05) is 6.61 Å². The highest BCUT2D eigenvalue weighted by Crippen LogP contribution is 2.21. The highest BCUT2D eigenvalue weighted by Gasteiger charge is 2.29. The highest BCUT2D eigenvalue weighted by atomic mass is 16.5. The van der Waals surface area contributed by atoms with Crippen molar-refractivity contribution in [2.45, 2.75) is 19.4 Å². The van der Waals surface area contributed by atoms with Crippen molar-refractivity contribution in [2.24, 2.45) is 5.92 Å². The molecule has 3 nitrogen and oxygen atoms in total. The molecule has 0 amide bonds. The summed E-state index contributed by atoms with van der Waals surface area (Å²) in [5, 5.41) is 0. The van der Waals surface area contributed by atoms with Crippen molar-refractivity contribution in [1.82, 2.24) is 0 Å². The Morgan fingerprint density at radius 2 is 2.13 bits per heavy atom. The first-order valence-corrected chi connectivity index (χ1v) is 5.14. The number of benzene rings is 1. The number of ether oxygens (including phenoxy) is 2. The molecule has 3 heteroatoms. The summed E-state index contributed by atoms with van der Waals surface area (Å²) in [4.78, 5) is 11.7. The van der Waals surface area contributed by atoms with Gasteiger partial charge in [-0.05, 0) is 25.5 Å². The van der Waals surface area contributed by atoms with Gasteiger partial charge in [-0.1, -0.05) is 18.2 Å². The van der Waals surface area contributed by atoms with Gasteiger partial charge in [0.25, 0.3) is 0 Å². The number of carbonyl (C=O) groups is 1. The fourth-order valence-electron chi connectivity index (χ4n) is 1.67. The molecule has 1 aromatic carbocycles. The van der Waals surface area contributed by atoms with Crippen molar-refractivity contribution >= 4 is 5.97 Å². The van der Waals surface area contributed by atoms with Gasteiger partial charge in [0.05, 0.1) is 18.6 Å². The Morgan fingerprint density at radius 1 is 1.40 bits per heavy atom. The Balaban J connectivity index is 1.93. The standard InChI is InChI=1S/C12H14O3/c1-9-7-10(8-14-9)12(13)15-11-5-3-2-4-6-11/h2-6,9-10H,7-8H2,1H3/t9-,10-/m0/s1. The van der Waals surface area contributed by atoms with Gasteiger partial charge >= 0.3 is 5.97 Å². The topological polar surface area (TPSA) is 35.5 Å². The quantitative estimate of drug-likeness (QED) is 0.548. The number of esters is 1. The van der Waals surface area contributed by atoms with Crippen LogP contribution in [0.15, 0.2) is 30.3 Å². The van der Waals surface area contributed by atoms with Crippen LogP contribution in [0.1, 0.15) is 13.3 Å². The smallest absolute Gasteiger partial charge is 0.316 e. The average Bonchev–Trinajstić information content (AvgIpc) is 2.66. The molecule has 0 bridgehead atoms. The molecule has 2 atom stereocenters. The van der Waals surface area contributed by atoms with Crippen LogP contribution in [0.4, 0.5) is 0 Å². The van der Waals surface area contributed by atoms with Crippen LogP contribution in [0.2, 0.25) is 0 Å². The first-order chi connectivity index (χ1) is 7.25. The molecule has 0 radical (unpaired) electrons. The highest BCUT2D eigenvalue weighted by molar-refractivity contribution is 5.75. The first kappa shape index (κ1) is 10.2. The molecular formula is C12H14O3. The molecule has 0 saturated carbocycles. The Labute approximate surface area is 89.0 Å². The zero-order valence-electron chi connectivity index (χ0n) is 8.68. The zero-order valence-corrected chi connectivity index (χ0v) is 8.68. The summed E-state index contributed by atoms with van der Waals surface area (Å²) in [6.07, 6.45) is 0.921.